The number of rotatable bonds is 2. The van der Waals surface area contributed by atoms with E-state index in [-0.39, 0.29) is 5.44 Å². The number of nitrogens with zero attached hydrogens (tertiary/aromatic N) is 1. The molecule has 0 unspecified atom stereocenters. The summed E-state index contributed by atoms with van der Waals surface area (Å²) in [4.78, 5) is 4.23. The molecule has 0 bridgehead atoms. The number of amidine groups is 1. The molecule has 0 spiro atoms. The molecule has 2 aliphatic heterocycles. The van der Waals surface area contributed by atoms with Gasteiger partial charge < -0.3 is 25.4 Å². The Balaban J connectivity index is 2.12. The lowest BCUT2D eigenvalue weighted by molar-refractivity contribution is -0.185. The minimum atomic E-state index is -1.10. The molecular weight excluding hydrogens is 244 g/mol. The molecule has 0 aliphatic carbocycles. The van der Waals surface area contributed by atoms with Gasteiger partial charge in [0.15, 0.2) is 5.17 Å². The third kappa shape index (κ3) is 2.30. The first-order chi connectivity index (χ1) is 8.08. The Morgan fingerprint density at radius 1 is 1.47 bits per heavy atom. The van der Waals surface area contributed by atoms with Gasteiger partial charge in [0.1, 0.15) is 29.8 Å². The molecule has 17 heavy (non-hydrogen) atoms. The van der Waals surface area contributed by atoms with Crippen LogP contribution < -0.4 is 5.32 Å². The molecule has 0 aromatic heterocycles. The summed E-state index contributed by atoms with van der Waals surface area (Å²) in [7, 11) is 1.74. The van der Waals surface area contributed by atoms with Crippen LogP contribution in [0.1, 0.15) is 13.3 Å². The van der Waals surface area contributed by atoms with Crippen LogP contribution >= 0.6 is 11.8 Å². The average molecular weight is 262 g/mol. The summed E-state index contributed by atoms with van der Waals surface area (Å²) < 4.78 is 5.63. The Labute approximate surface area is 104 Å². The van der Waals surface area contributed by atoms with Crippen LogP contribution in [0.4, 0.5) is 0 Å². The maximum absolute atomic E-state index is 9.99. The first kappa shape index (κ1) is 13.1. The van der Waals surface area contributed by atoms with E-state index < -0.39 is 30.5 Å². The topological polar surface area (TPSA) is 94.3 Å². The molecule has 2 heterocycles. The minimum absolute atomic E-state index is 0.345. The number of nitrogens with one attached hydrogen (secondary N) is 1. The van der Waals surface area contributed by atoms with Gasteiger partial charge in [-0.15, -0.1) is 0 Å². The van der Waals surface area contributed by atoms with Crippen molar-refractivity contribution in [2.24, 2.45) is 4.99 Å². The van der Waals surface area contributed by atoms with Gasteiger partial charge in [-0.3, -0.25) is 4.99 Å². The number of aliphatic hydroxyl groups is 3. The smallest absolute Gasteiger partial charge is 0.159 e. The summed E-state index contributed by atoms with van der Waals surface area (Å²) in [5.74, 6) is 0. The van der Waals surface area contributed by atoms with Gasteiger partial charge in [0.25, 0.3) is 0 Å². The van der Waals surface area contributed by atoms with Crippen molar-refractivity contribution in [1.29, 1.82) is 0 Å². The maximum Gasteiger partial charge on any atom is 0.159 e. The first-order valence-electron chi connectivity index (χ1n) is 5.70. The normalized spacial score (nSPS) is 42.9. The summed E-state index contributed by atoms with van der Waals surface area (Å²) in [6.07, 6.45) is -3.17. The van der Waals surface area contributed by atoms with Gasteiger partial charge in [0.05, 0.1) is 6.10 Å². The summed E-state index contributed by atoms with van der Waals surface area (Å²) in [5.41, 5.74) is -0.345. The monoisotopic (exact) mass is 262 g/mol. The van der Waals surface area contributed by atoms with Crippen LogP contribution in [0.2, 0.25) is 0 Å². The van der Waals surface area contributed by atoms with Crippen molar-refractivity contribution in [3.63, 3.8) is 0 Å². The zero-order valence-corrected chi connectivity index (χ0v) is 10.6. The molecule has 0 aromatic rings. The van der Waals surface area contributed by atoms with Gasteiger partial charge in [-0.2, -0.15) is 0 Å². The molecule has 0 saturated carbocycles. The van der Waals surface area contributed by atoms with Crippen molar-refractivity contribution in [3.8, 4) is 0 Å². The maximum atomic E-state index is 9.99. The van der Waals surface area contributed by atoms with E-state index in [0.29, 0.717) is 11.6 Å². The van der Waals surface area contributed by atoms with E-state index in [1.807, 2.05) is 0 Å². The predicted octanol–water partition coefficient (Wildman–Crippen LogP) is -1.11. The largest absolute Gasteiger partial charge is 0.390 e. The lowest BCUT2D eigenvalue weighted by Crippen LogP contribution is -2.58. The van der Waals surface area contributed by atoms with Crippen LogP contribution in [0.15, 0.2) is 4.99 Å². The van der Waals surface area contributed by atoms with Gasteiger partial charge in [-0.05, 0) is 6.42 Å². The van der Waals surface area contributed by atoms with E-state index >= 15 is 0 Å². The molecule has 0 radical (unpaired) electrons. The summed E-state index contributed by atoms with van der Waals surface area (Å²) in [5, 5.41) is 33.2. The van der Waals surface area contributed by atoms with E-state index in [2.05, 4.69) is 10.3 Å². The highest BCUT2D eigenvalue weighted by Crippen LogP contribution is 2.36. The highest BCUT2D eigenvalue weighted by Gasteiger charge is 2.49. The first-order valence-corrected chi connectivity index (χ1v) is 6.58. The molecule has 0 aromatic carbocycles. The van der Waals surface area contributed by atoms with Crippen LogP contribution in [0, 0.1) is 0 Å². The number of hydrogen-bond acceptors (Lipinski definition) is 7. The lowest BCUT2D eigenvalue weighted by atomic mass is 9.94. The highest BCUT2D eigenvalue weighted by molar-refractivity contribution is 8.14. The van der Waals surface area contributed by atoms with Gasteiger partial charge in [-0.1, -0.05) is 18.7 Å². The molecule has 2 rings (SSSR count). The summed E-state index contributed by atoms with van der Waals surface area (Å²) in [6.45, 7) is 1.80. The second kappa shape index (κ2) is 5.11. The highest BCUT2D eigenvalue weighted by atomic mass is 32.2. The van der Waals surface area contributed by atoms with E-state index in [1.165, 1.54) is 11.8 Å². The number of thioether (sulfide) groups is 1. The Morgan fingerprint density at radius 3 is 2.76 bits per heavy atom. The SMILES string of the molecule is CC[C@H](O)[C@H]1O[C@@H]2SC(NC)=N[C@@H]2[C@@H](O)[C@@H]1O. The fourth-order valence-corrected chi connectivity index (χ4v) is 3.12. The summed E-state index contributed by atoms with van der Waals surface area (Å²) >= 11 is 1.37. The molecule has 1 saturated heterocycles. The molecule has 2 aliphatic rings. The van der Waals surface area contributed by atoms with Crippen molar-refractivity contribution < 1.29 is 20.1 Å². The molecule has 7 heteroatoms. The van der Waals surface area contributed by atoms with E-state index in [0.717, 1.165) is 0 Å². The zero-order chi connectivity index (χ0) is 12.6. The van der Waals surface area contributed by atoms with Crippen LogP contribution in [-0.2, 0) is 4.74 Å². The predicted molar refractivity (Wildman–Crippen MR) is 64.8 cm³/mol. The molecule has 0 amide bonds. The Morgan fingerprint density at radius 2 is 2.18 bits per heavy atom. The fourth-order valence-electron chi connectivity index (χ4n) is 2.06. The number of hydrogen-bond donors (Lipinski definition) is 4. The molecule has 6 atom stereocenters. The minimum Gasteiger partial charge on any atom is -0.390 e. The standard InChI is InChI=1S/C10H18N2O4S/c1-3-4(13)8-7(15)6(14)5-9(16-8)17-10(11-2)12-5/h4-9,13-15H,3H2,1-2H3,(H,11,12)/t4-,5+,6+,7-,8+,9+/m0/s1. The number of aliphatic imine (C=N–C) groups is 1. The van der Waals surface area contributed by atoms with E-state index in [4.69, 9.17) is 4.74 Å². The van der Waals surface area contributed by atoms with Crippen LogP contribution in [0.25, 0.3) is 0 Å². The van der Waals surface area contributed by atoms with Crippen molar-refractivity contribution in [2.75, 3.05) is 7.05 Å². The average Bonchev–Trinajstić information content (AvgIpc) is 2.76. The molecule has 4 N–H and O–H groups in total. The lowest BCUT2D eigenvalue weighted by Gasteiger charge is -2.40. The van der Waals surface area contributed by atoms with Crippen LogP contribution in [0.3, 0.4) is 0 Å². The molecular formula is C10H18N2O4S. The third-order valence-electron chi connectivity index (χ3n) is 3.11. The van der Waals surface area contributed by atoms with Crippen molar-refractivity contribution in [3.05, 3.63) is 0 Å². The van der Waals surface area contributed by atoms with Gasteiger partial charge in [-0.25, -0.2) is 0 Å². The number of aliphatic hydroxyl groups excluding tert-OH is 3. The molecule has 98 valence electrons. The third-order valence-corrected chi connectivity index (χ3v) is 4.27. The van der Waals surface area contributed by atoms with Gasteiger partial charge >= 0.3 is 0 Å². The quantitative estimate of drug-likeness (QED) is 0.504. The van der Waals surface area contributed by atoms with Crippen LogP contribution in [-0.4, -0.2) is 63.4 Å². The van der Waals surface area contributed by atoms with E-state index in [9.17, 15) is 15.3 Å². The Hall–Kier alpha value is -0.340. The van der Waals surface area contributed by atoms with Crippen molar-refractivity contribution >= 4 is 16.9 Å². The van der Waals surface area contributed by atoms with Crippen LogP contribution in [0.5, 0.6) is 0 Å². The van der Waals surface area contributed by atoms with Gasteiger partial charge in [0.2, 0.25) is 0 Å². The molecule has 6 nitrogen and oxygen atoms in total. The van der Waals surface area contributed by atoms with Gasteiger partial charge in [0, 0.05) is 7.05 Å². The fraction of sp³-hybridized carbons (Fsp3) is 0.900. The zero-order valence-electron chi connectivity index (χ0n) is 9.78. The number of ether oxygens (including phenoxy) is 1. The van der Waals surface area contributed by atoms with E-state index in [1.54, 1.807) is 14.0 Å². The summed E-state index contributed by atoms with van der Waals surface area (Å²) in [6, 6.07) is -0.474. The van der Waals surface area contributed by atoms with Crippen molar-refractivity contribution in [1.82, 2.24) is 5.32 Å². The second-order valence-corrected chi connectivity index (χ2v) is 5.31. The Bertz CT molecular complexity index is 315. The second-order valence-electron chi connectivity index (χ2n) is 4.22. The Kier molecular flexibility index (Phi) is 3.94. The number of fused-ring (bicyclic) bond motifs is 1. The van der Waals surface area contributed by atoms with Crippen molar-refractivity contribution in [2.45, 2.75) is 49.2 Å². The molecule has 1 fully saturated rings.